The first-order valence-electron chi connectivity index (χ1n) is 6.52. The zero-order valence-corrected chi connectivity index (χ0v) is 12.3. The van der Waals surface area contributed by atoms with Crippen molar-refractivity contribution in [2.24, 2.45) is 0 Å². The number of rotatable bonds is 5. The number of nitrogens with one attached hydrogen (secondary N) is 1. The number of ether oxygens (including phenoxy) is 1. The van der Waals surface area contributed by atoms with Gasteiger partial charge in [-0.25, -0.2) is 0 Å². The van der Waals surface area contributed by atoms with Gasteiger partial charge in [-0.1, -0.05) is 17.7 Å². The fourth-order valence-corrected chi connectivity index (χ4v) is 1.99. The lowest BCUT2D eigenvalue weighted by atomic mass is 10.2. The van der Waals surface area contributed by atoms with Crippen LogP contribution in [0, 0.1) is 0 Å². The number of benzene rings is 2. The average Bonchev–Trinajstić information content (AvgIpc) is 2.41. The van der Waals surface area contributed by atoms with Crippen LogP contribution in [0.1, 0.15) is 19.4 Å². The van der Waals surface area contributed by atoms with Crippen molar-refractivity contribution in [2.75, 3.05) is 5.32 Å². The lowest BCUT2D eigenvalue weighted by molar-refractivity contribution is 0.242. The molecule has 3 nitrogen and oxygen atoms in total. The number of anilines is 1. The van der Waals surface area contributed by atoms with Crippen molar-refractivity contribution in [1.29, 1.82) is 0 Å². The molecule has 0 saturated heterocycles. The summed E-state index contributed by atoms with van der Waals surface area (Å²) in [6.45, 7) is 4.64. The molecule has 0 saturated carbocycles. The molecule has 0 radical (unpaired) electrons. The normalized spacial score (nSPS) is 10.6. The van der Waals surface area contributed by atoms with Crippen LogP contribution in [-0.4, -0.2) is 11.2 Å². The van der Waals surface area contributed by atoms with Crippen molar-refractivity contribution in [3.63, 3.8) is 0 Å². The molecule has 4 heteroatoms. The van der Waals surface area contributed by atoms with E-state index in [0.29, 0.717) is 11.6 Å². The summed E-state index contributed by atoms with van der Waals surface area (Å²) >= 11 is 5.87. The average molecular weight is 292 g/mol. The van der Waals surface area contributed by atoms with Crippen LogP contribution in [-0.2, 0) is 6.54 Å². The van der Waals surface area contributed by atoms with Crippen LogP contribution in [0.25, 0.3) is 0 Å². The number of phenolic OH excluding ortho intramolecular Hbond substituents is 1. The first kappa shape index (κ1) is 14.5. The largest absolute Gasteiger partial charge is 0.506 e. The maximum Gasteiger partial charge on any atom is 0.134 e. The topological polar surface area (TPSA) is 41.5 Å². The highest BCUT2D eigenvalue weighted by Gasteiger charge is 2.01. The van der Waals surface area contributed by atoms with E-state index in [1.165, 1.54) is 0 Å². The predicted octanol–water partition coefficient (Wildman–Crippen LogP) is 4.44. The van der Waals surface area contributed by atoms with Crippen LogP contribution in [0.2, 0.25) is 5.02 Å². The summed E-state index contributed by atoms with van der Waals surface area (Å²) in [7, 11) is 0. The summed E-state index contributed by atoms with van der Waals surface area (Å²) < 4.78 is 5.59. The smallest absolute Gasteiger partial charge is 0.134 e. The van der Waals surface area contributed by atoms with Crippen molar-refractivity contribution in [1.82, 2.24) is 0 Å². The molecule has 0 spiro atoms. The van der Waals surface area contributed by atoms with Crippen molar-refractivity contribution in [2.45, 2.75) is 26.5 Å². The summed E-state index contributed by atoms with van der Waals surface area (Å²) in [6.07, 6.45) is 0.174. The fraction of sp³-hybridized carbons (Fsp3) is 0.250. The molecule has 106 valence electrons. The van der Waals surface area contributed by atoms with Crippen LogP contribution in [0.15, 0.2) is 42.5 Å². The molecule has 0 amide bonds. The van der Waals surface area contributed by atoms with Gasteiger partial charge in [-0.05, 0) is 55.8 Å². The molecule has 2 rings (SSSR count). The van der Waals surface area contributed by atoms with Gasteiger partial charge in [0.05, 0.1) is 11.1 Å². The zero-order chi connectivity index (χ0) is 14.5. The Hall–Kier alpha value is -1.87. The van der Waals surface area contributed by atoms with Gasteiger partial charge in [-0.15, -0.1) is 0 Å². The SMILES string of the molecule is CC(C)Oc1ccc(NCc2ccc(O)c(Cl)c2)cc1. The third-order valence-corrected chi connectivity index (χ3v) is 3.04. The van der Waals surface area contributed by atoms with Crippen LogP contribution in [0.4, 0.5) is 5.69 Å². The van der Waals surface area contributed by atoms with E-state index in [1.807, 2.05) is 44.2 Å². The number of hydrogen-bond acceptors (Lipinski definition) is 3. The molecular weight excluding hydrogens is 274 g/mol. The zero-order valence-electron chi connectivity index (χ0n) is 11.6. The molecule has 2 N–H and O–H groups in total. The Bertz CT molecular complexity index is 567. The molecule has 0 bridgehead atoms. The highest BCUT2D eigenvalue weighted by molar-refractivity contribution is 6.32. The van der Waals surface area contributed by atoms with E-state index in [-0.39, 0.29) is 11.9 Å². The van der Waals surface area contributed by atoms with Gasteiger partial charge in [-0.3, -0.25) is 0 Å². The van der Waals surface area contributed by atoms with Gasteiger partial charge in [0.2, 0.25) is 0 Å². The summed E-state index contributed by atoms with van der Waals surface area (Å²) in [5.41, 5.74) is 2.01. The first-order valence-corrected chi connectivity index (χ1v) is 6.90. The number of phenols is 1. The molecule has 0 unspecified atom stereocenters. The quantitative estimate of drug-likeness (QED) is 0.855. The van der Waals surface area contributed by atoms with E-state index >= 15 is 0 Å². The van der Waals surface area contributed by atoms with Crippen LogP contribution in [0.3, 0.4) is 0 Å². The second-order valence-electron chi connectivity index (χ2n) is 4.83. The minimum Gasteiger partial charge on any atom is -0.506 e. The Kier molecular flexibility index (Phi) is 4.74. The van der Waals surface area contributed by atoms with Crippen LogP contribution in [0.5, 0.6) is 11.5 Å². The summed E-state index contributed by atoms with van der Waals surface area (Å²) in [6, 6.07) is 13.0. The molecule has 2 aromatic carbocycles. The first-order chi connectivity index (χ1) is 9.54. The summed E-state index contributed by atoms with van der Waals surface area (Å²) in [5.74, 6) is 0.962. The molecule has 2 aromatic rings. The van der Waals surface area contributed by atoms with Gasteiger partial charge in [0.25, 0.3) is 0 Å². The van der Waals surface area contributed by atoms with Gasteiger partial charge in [0, 0.05) is 12.2 Å². The Labute approximate surface area is 124 Å². The number of hydrogen-bond donors (Lipinski definition) is 2. The van der Waals surface area contributed by atoms with E-state index in [4.69, 9.17) is 16.3 Å². The van der Waals surface area contributed by atoms with Gasteiger partial charge in [-0.2, -0.15) is 0 Å². The summed E-state index contributed by atoms with van der Waals surface area (Å²) in [5, 5.41) is 13.0. The minimum absolute atomic E-state index is 0.102. The van der Waals surface area contributed by atoms with E-state index in [0.717, 1.165) is 17.0 Å². The molecule has 0 heterocycles. The molecule has 0 aliphatic carbocycles. The van der Waals surface area contributed by atoms with E-state index < -0.39 is 0 Å². The van der Waals surface area contributed by atoms with Gasteiger partial charge < -0.3 is 15.2 Å². The van der Waals surface area contributed by atoms with Crippen molar-refractivity contribution >= 4 is 17.3 Å². The lowest BCUT2D eigenvalue weighted by Gasteiger charge is -2.11. The Balaban J connectivity index is 1.95. The third-order valence-electron chi connectivity index (χ3n) is 2.73. The molecule has 0 fully saturated rings. The van der Waals surface area contributed by atoms with E-state index in [9.17, 15) is 5.11 Å². The second-order valence-corrected chi connectivity index (χ2v) is 5.24. The van der Waals surface area contributed by atoms with Gasteiger partial charge in [0.15, 0.2) is 0 Å². The standard InChI is InChI=1S/C16H18ClNO2/c1-11(2)20-14-6-4-13(5-7-14)18-10-12-3-8-16(19)15(17)9-12/h3-9,11,18-19H,10H2,1-2H3. The molecule has 20 heavy (non-hydrogen) atoms. The van der Waals surface area contributed by atoms with Crippen LogP contribution >= 0.6 is 11.6 Å². The van der Waals surface area contributed by atoms with Crippen molar-refractivity contribution in [3.8, 4) is 11.5 Å². The lowest BCUT2D eigenvalue weighted by Crippen LogP contribution is -2.05. The third kappa shape index (κ3) is 4.07. The van der Waals surface area contributed by atoms with E-state index in [2.05, 4.69) is 5.32 Å². The second kappa shape index (κ2) is 6.53. The van der Waals surface area contributed by atoms with Gasteiger partial charge in [0.1, 0.15) is 11.5 Å². The molecule has 0 aromatic heterocycles. The molecular formula is C16H18ClNO2. The maximum atomic E-state index is 9.37. The molecule has 0 aliphatic rings. The molecule has 0 aliphatic heterocycles. The van der Waals surface area contributed by atoms with Crippen molar-refractivity contribution < 1.29 is 9.84 Å². The van der Waals surface area contributed by atoms with E-state index in [1.54, 1.807) is 12.1 Å². The van der Waals surface area contributed by atoms with Crippen molar-refractivity contribution in [3.05, 3.63) is 53.1 Å². The predicted molar refractivity (Wildman–Crippen MR) is 82.6 cm³/mol. The number of halogens is 1. The van der Waals surface area contributed by atoms with Gasteiger partial charge >= 0.3 is 0 Å². The monoisotopic (exact) mass is 291 g/mol. The fourth-order valence-electron chi connectivity index (χ4n) is 1.79. The maximum absolute atomic E-state index is 9.37. The minimum atomic E-state index is 0.102. The Morgan fingerprint density at radius 3 is 2.45 bits per heavy atom. The Morgan fingerprint density at radius 1 is 1.15 bits per heavy atom. The highest BCUT2D eigenvalue weighted by Crippen LogP contribution is 2.24. The van der Waals surface area contributed by atoms with Crippen LogP contribution < -0.4 is 10.1 Å². The Morgan fingerprint density at radius 2 is 1.85 bits per heavy atom. The number of aromatic hydroxyl groups is 1. The summed E-state index contributed by atoms with van der Waals surface area (Å²) in [4.78, 5) is 0. The molecule has 0 atom stereocenters. The highest BCUT2D eigenvalue weighted by atomic mass is 35.5.